The van der Waals surface area contributed by atoms with Crippen molar-refractivity contribution in [1.29, 1.82) is 0 Å². The number of halogens is 3. The maximum Gasteiger partial charge on any atom is 0.416 e. The average Bonchev–Trinajstić information content (AvgIpc) is 3.26. The molecule has 0 unspecified atom stereocenters. The van der Waals surface area contributed by atoms with E-state index in [0.717, 1.165) is 32.1 Å². The van der Waals surface area contributed by atoms with Crippen LogP contribution >= 0.6 is 0 Å². The van der Waals surface area contributed by atoms with E-state index in [0.29, 0.717) is 41.4 Å². The molecule has 0 atom stereocenters. The number of carboxylic acids is 1. The van der Waals surface area contributed by atoms with Crippen molar-refractivity contribution in [2.45, 2.75) is 70.7 Å². The normalized spacial score (nSPS) is 15.6. The van der Waals surface area contributed by atoms with Crippen LogP contribution < -0.4 is 5.32 Å². The Morgan fingerprint density at radius 3 is 2.67 bits per heavy atom. The molecule has 2 aromatic rings. The summed E-state index contributed by atoms with van der Waals surface area (Å²) in [5.41, 5.74) is 0.649. The molecule has 2 N–H and O–H groups in total. The van der Waals surface area contributed by atoms with Crippen LogP contribution in [0.2, 0.25) is 0 Å². The van der Waals surface area contributed by atoms with E-state index in [1.807, 2.05) is 0 Å². The molecular formula is C24H29F3N2O4. The van der Waals surface area contributed by atoms with Gasteiger partial charge in [-0.15, -0.1) is 0 Å². The molecular weight excluding hydrogens is 437 g/mol. The van der Waals surface area contributed by atoms with Gasteiger partial charge in [-0.05, 0) is 55.0 Å². The van der Waals surface area contributed by atoms with Crippen molar-refractivity contribution < 1.29 is 32.3 Å². The molecule has 1 aliphatic rings. The van der Waals surface area contributed by atoms with Crippen LogP contribution in [0.3, 0.4) is 0 Å². The highest BCUT2D eigenvalue weighted by Gasteiger charge is 2.35. The Labute approximate surface area is 190 Å². The predicted octanol–water partition coefficient (Wildman–Crippen LogP) is 5.85. The van der Waals surface area contributed by atoms with Gasteiger partial charge in [-0.2, -0.15) is 13.2 Å². The maximum absolute atomic E-state index is 13.7. The first kappa shape index (κ1) is 24.8. The second-order valence-electron chi connectivity index (χ2n) is 8.29. The molecule has 0 saturated heterocycles. The highest BCUT2D eigenvalue weighted by Crippen LogP contribution is 2.41. The van der Waals surface area contributed by atoms with Gasteiger partial charge in [0.15, 0.2) is 5.76 Å². The first-order chi connectivity index (χ1) is 15.7. The van der Waals surface area contributed by atoms with Crippen molar-refractivity contribution in [3.05, 3.63) is 58.5 Å². The molecule has 33 heavy (non-hydrogen) atoms. The third-order valence-electron chi connectivity index (χ3n) is 5.73. The Morgan fingerprint density at radius 2 is 1.97 bits per heavy atom. The summed E-state index contributed by atoms with van der Waals surface area (Å²) in [6.07, 6.45) is 0.205. The van der Waals surface area contributed by atoms with Crippen molar-refractivity contribution in [3.63, 3.8) is 0 Å². The smallest absolute Gasteiger partial charge is 0.416 e. The fourth-order valence-electron chi connectivity index (χ4n) is 4.03. The lowest BCUT2D eigenvalue weighted by Gasteiger charge is -2.25. The molecule has 0 amide bonds. The van der Waals surface area contributed by atoms with Gasteiger partial charge >= 0.3 is 12.1 Å². The molecule has 9 heteroatoms. The lowest BCUT2D eigenvalue weighted by atomic mass is 9.81. The molecule has 0 spiro atoms. The number of benzene rings is 1. The van der Waals surface area contributed by atoms with Crippen LogP contribution in [0.1, 0.15) is 79.6 Å². The van der Waals surface area contributed by atoms with Crippen molar-refractivity contribution in [1.82, 2.24) is 5.32 Å². The lowest BCUT2D eigenvalue weighted by Crippen LogP contribution is -2.17. The van der Waals surface area contributed by atoms with Gasteiger partial charge in [0, 0.05) is 6.54 Å². The van der Waals surface area contributed by atoms with Gasteiger partial charge in [-0.25, -0.2) is 0 Å². The molecule has 3 rings (SSSR count). The van der Waals surface area contributed by atoms with Gasteiger partial charge in [-0.3, -0.25) is 4.79 Å². The number of carboxylic acid groups (broad SMARTS) is 1. The molecule has 1 fully saturated rings. The van der Waals surface area contributed by atoms with E-state index in [1.54, 1.807) is 31.2 Å². The van der Waals surface area contributed by atoms with Crippen molar-refractivity contribution >= 4 is 11.7 Å². The number of hydrogen-bond donors (Lipinski definition) is 2. The van der Waals surface area contributed by atoms with Crippen LogP contribution in [0.25, 0.3) is 0 Å². The average molecular weight is 467 g/mol. The van der Waals surface area contributed by atoms with E-state index in [9.17, 15) is 18.0 Å². The minimum Gasteiger partial charge on any atom is -0.481 e. The van der Waals surface area contributed by atoms with E-state index in [4.69, 9.17) is 14.4 Å². The first-order valence-electron chi connectivity index (χ1n) is 11.1. The topological polar surface area (TPSA) is 84.1 Å². The highest BCUT2D eigenvalue weighted by molar-refractivity contribution is 5.95. The number of alkyl halides is 3. The molecule has 1 saturated carbocycles. The van der Waals surface area contributed by atoms with Crippen LogP contribution in [0, 0.1) is 0 Å². The number of aliphatic carboxylic acids is 1. The number of carbonyl (C=O) groups is 1. The van der Waals surface area contributed by atoms with E-state index >= 15 is 0 Å². The Morgan fingerprint density at radius 1 is 1.21 bits per heavy atom. The fraction of sp³-hybridized carbons (Fsp3) is 0.500. The van der Waals surface area contributed by atoms with E-state index < -0.39 is 17.7 Å². The molecule has 1 aliphatic carbocycles. The standard InChI is InChI=1S/C24H29F3N2O4/c1-16(22-10-8-19(33-22)14-28-12-11-23(30)31)29-32-15-17-7-9-20(18-5-3-2-4-6-18)21(13-17)24(25,26)27/h7-10,13,18,28H,2-6,11-12,14-15H2,1H3,(H,30,31). The fourth-order valence-corrected chi connectivity index (χ4v) is 4.03. The first-order valence-corrected chi connectivity index (χ1v) is 11.1. The van der Waals surface area contributed by atoms with Gasteiger partial charge in [0.2, 0.25) is 0 Å². The number of oxime groups is 1. The van der Waals surface area contributed by atoms with Crippen LogP contribution in [0.5, 0.6) is 0 Å². The SMILES string of the molecule is CC(=NOCc1ccc(C2CCCCC2)c(C(F)(F)F)c1)c1ccc(CNCCC(=O)O)o1. The Kier molecular flexibility index (Phi) is 8.55. The van der Waals surface area contributed by atoms with Crippen LogP contribution in [0.4, 0.5) is 13.2 Å². The number of nitrogens with one attached hydrogen (secondary N) is 1. The quantitative estimate of drug-likeness (QED) is 0.261. The summed E-state index contributed by atoms with van der Waals surface area (Å²) >= 11 is 0. The van der Waals surface area contributed by atoms with Gasteiger partial charge in [0.05, 0.1) is 18.5 Å². The zero-order chi connectivity index (χ0) is 23.8. The van der Waals surface area contributed by atoms with Gasteiger partial charge in [-0.1, -0.05) is 36.6 Å². The second-order valence-corrected chi connectivity index (χ2v) is 8.29. The summed E-state index contributed by atoms with van der Waals surface area (Å²) in [4.78, 5) is 15.8. The van der Waals surface area contributed by atoms with Gasteiger partial charge in [0.25, 0.3) is 0 Å². The van der Waals surface area contributed by atoms with E-state index in [-0.39, 0.29) is 18.9 Å². The number of nitrogens with zero attached hydrogens (tertiary/aromatic N) is 1. The zero-order valence-corrected chi connectivity index (χ0v) is 18.6. The summed E-state index contributed by atoms with van der Waals surface area (Å²) in [7, 11) is 0. The highest BCUT2D eigenvalue weighted by atomic mass is 19.4. The summed E-state index contributed by atoms with van der Waals surface area (Å²) in [5.74, 6) is 0.151. The number of rotatable bonds is 10. The molecule has 180 valence electrons. The van der Waals surface area contributed by atoms with Crippen molar-refractivity contribution in [2.75, 3.05) is 6.54 Å². The Balaban J connectivity index is 1.59. The van der Waals surface area contributed by atoms with Crippen molar-refractivity contribution in [3.8, 4) is 0 Å². The molecule has 0 radical (unpaired) electrons. The molecule has 0 aliphatic heterocycles. The largest absolute Gasteiger partial charge is 0.481 e. The summed E-state index contributed by atoms with van der Waals surface area (Å²) in [5, 5.41) is 15.6. The second kappa shape index (κ2) is 11.4. The summed E-state index contributed by atoms with van der Waals surface area (Å²) in [6.45, 7) is 2.28. The number of furan rings is 1. The third-order valence-corrected chi connectivity index (χ3v) is 5.73. The van der Waals surface area contributed by atoms with Crippen LogP contribution in [-0.4, -0.2) is 23.3 Å². The van der Waals surface area contributed by atoms with E-state index in [2.05, 4.69) is 10.5 Å². The summed E-state index contributed by atoms with van der Waals surface area (Å²) in [6, 6.07) is 7.88. The zero-order valence-electron chi connectivity index (χ0n) is 18.6. The molecule has 0 bridgehead atoms. The minimum absolute atomic E-state index is 0.0135. The molecule has 6 nitrogen and oxygen atoms in total. The monoisotopic (exact) mass is 466 g/mol. The molecule has 1 aromatic heterocycles. The molecule has 1 heterocycles. The minimum atomic E-state index is -4.41. The van der Waals surface area contributed by atoms with Gasteiger partial charge in [0.1, 0.15) is 18.1 Å². The number of hydrogen-bond acceptors (Lipinski definition) is 5. The van der Waals surface area contributed by atoms with Crippen molar-refractivity contribution in [2.24, 2.45) is 5.16 Å². The third kappa shape index (κ3) is 7.35. The van der Waals surface area contributed by atoms with Gasteiger partial charge < -0.3 is 19.7 Å². The maximum atomic E-state index is 13.7. The lowest BCUT2D eigenvalue weighted by molar-refractivity contribution is -0.139. The predicted molar refractivity (Wildman–Crippen MR) is 117 cm³/mol. The Hall–Kier alpha value is -2.81. The van der Waals surface area contributed by atoms with Crippen LogP contribution in [-0.2, 0) is 29.0 Å². The van der Waals surface area contributed by atoms with Crippen LogP contribution in [0.15, 0.2) is 39.9 Å². The Bertz CT molecular complexity index is 963. The molecule has 1 aromatic carbocycles. The van der Waals surface area contributed by atoms with E-state index in [1.165, 1.54) is 6.07 Å². The summed E-state index contributed by atoms with van der Waals surface area (Å²) < 4.78 is 46.7.